The van der Waals surface area contributed by atoms with Crippen LogP contribution in [0.15, 0.2) is 12.1 Å². The van der Waals surface area contributed by atoms with E-state index >= 15 is 0 Å². The van der Waals surface area contributed by atoms with Crippen molar-refractivity contribution in [2.24, 2.45) is 11.3 Å². The number of carbonyl (C=O) groups excluding carboxylic acids is 2. The Hall–Kier alpha value is -2.14. The van der Waals surface area contributed by atoms with E-state index in [1.54, 1.807) is 0 Å². The van der Waals surface area contributed by atoms with Crippen LogP contribution in [0.3, 0.4) is 0 Å². The molecule has 2 aliphatic heterocycles. The van der Waals surface area contributed by atoms with Crippen LogP contribution in [0.1, 0.15) is 36.9 Å². The molecule has 1 aromatic rings. The molecule has 0 saturated carbocycles. The molecule has 11 heteroatoms. The molecule has 1 unspecified atom stereocenters. The van der Waals surface area contributed by atoms with E-state index in [2.05, 4.69) is 24.0 Å². The first-order valence-electron chi connectivity index (χ1n) is 10.9. The molecule has 33 heavy (non-hydrogen) atoms. The van der Waals surface area contributed by atoms with Crippen molar-refractivity contribution < 1.29 is 32.7 Å². The molecule has 2 fully saturated rings. The number of rotatable bonds is 4. The molecule has 2 saturated heterocycles. The Labute approximate surface area is 196 Å². The molecule has 0 bridgehead atoms. The Balaban J connectivity index is 0.000000479. The third-order valence-electron chi connectivity index (χ3n) is 5.78. The summed E-state index contributed by atoms with van der Waals surface area (Å²) in [6.07, 6.45) is -4.53. The minimum absolute atomic E-state index is 0.00192. The van der Waals surface area contributed by atoms with E-state index < -0.39 is 12.1 Å². The Morgan fingerprint density at radius 2 is 1.82 bits per heavy atom. The highest BCUT2D eigenvalue weighted by atomic mass is 32.1. The van der Waals surface area contributed by atoms with Gasteiger partial charge in [-0.2, -0.15) is 13.2 Å². The van der Waals surface area contributed by atoms with Gasteiger partial charge in [-0.25, -0.2) is 4.79 Å². The lowest BCUT2D eigenvalue weighted by atomic mass is 9.85. The van der Waals surface area contributed by atoms with Crippen LogP contribution in [0.2, 0.25) is 0 Å². The average Bonchev–Trinajstić information content (AvgIpc) is 3.19. The smallest absolute Gasteiger partial charge is 0.475 e. The standard InChI is InChI=1S/C20H31N3O2S.C2HF3O2/c1-5-22-13-20(10-18(22)24)12-21(11-17-7-6-16(4)26-17)8-9-23(14-20)19(25)15(2)3;3-2(4,5)1(6)7/h6-7,15H,5,8-14H2,1-4H3;(H,6,7). The highest BCUT2D eigenvalue weighted by molar-refractivity contribution is 7.11. The lowest BCUT2D eigenvalue weighted by Crippen LogP contribution is -2.45. The summed E-state index contributed by atoms with van der Waals surface area (Å²) >= 11 is 1.84. The van der Waals surface area contributed by atoms with Crippen molar-refractivity contribution >= 4 is 29.1 Å². The largest absolute Gasteiger partial charge is 0.490 e. The van der Waals surface area contributed by atoms with E-state index in [1.807, 2.05) is 41.9 Å². The molecule has 1 spiro atoms. The van der Waals surface area contributed by atoms with Crippen LogP contribution in [0.25, 0.3) is 0 Å². The Kier molecular flexibility index (Phi) is 8.92. The summed E-state index contributed by atoms with van der Waals surface area (Å²) in [6.45, 7) is 13.7. The van der Waals surface area contributed by atoms with Gasteiger partial charge in [-0.05, 0) is 26.0 Å². The van der Waals surface area contributed by atoms with Gasteiger partial charge >= 0.3 is 12.1 Å². The lowest BCUT2D eigenvalue weighted by molar-refractivity contribution is -0.192. The number of amides is 2. The Bertz CT molecular complexity index is 858. The van der Waals surface area contributed by atoms with Gasteiger partial charge in [-0.15, -0.1) is 11.3 Å². The van der Waals surface area contributed by atoms with Gasteiger partial charge in [-0.1, -0.05) is 13.8 Å². The number of alkyl halides is 3. The van der Waals surface area contributed by atoms with E-state index in [0.717, 1.165) is 39.3 Å². The molecule has 1 N–H and O–H groups in total. The van der Waals surface area contributed by atoms with E-state index in [-0.39, 0.29) is 23.1 Å². The second kappa shape index (κ2) is 10.9. The SMILES string of the molecule is CCN1CC2(CC1=O)CN(Cc1ccc(C)s1)CCN(C(=O)C(C)C)C2.O=C(O)C(F)(F)F. The van der Waals surface area contributed by atoms with Gasteiger partial charge in [0.25, 0.3) is 0 Å². The Morgan fingerprint density at radius 1 is 1.18 bits per heavy atom. The summed E-state index contributed by atoms with van der Waals surface area (Å²) in [5, 5.41) is 7.12. The van der Waals surface area contributed by atoms with E-state index in [0.29, 0.717) is 13.0 Å². The van der Waals surface area contributed by atoms with Crippen molar-refractivity contribution in [1.29, 1.82) is 0 Å². The number of aryl methyl sites for hydroxylation is 1. The molecule has 1 atom stereocenters. The normalized spacial score (nSPS) is 21.9. The van der Waals surface area contributed by atoms with Crippen molar-refractivity contribution in [3.05, 3.63) is 21.9 Å². The maximum Gasteiger partial charge on any atom is 0.490 e. The average molecular weight is 492 g/mol. The Morgan fingerprint density at radius 3 is 2.27 bits per heavy atom. The fourth-order valence-corrected chi connectivity index (χ4v) is 5.24. The number of carbonyl (C=O) groups is 3. The number of thiophene rings is 1. The number of halogens is 3. The summed E-state index contributed by atoms with van der Waals surface area (Å²) in [5.74, 6) is -2.32. The molecule has 0 aliphatic carbocycles. The van der Waals surface area contributed by atoms with E-state index in [4.69, 9.17) is 9.90 Å². The fraction of sp³-hybridized carbons (Fsp3) is 0.682. The third kappa shape index (κ3) is 7.43. The molecule has 2 amide bonds. The number of carboxylic acids is 1. The van der Waals surface area contributed by atoms with Crippen LogP contribution in [0.5, 0.6) is 0 Å². The first-order valence-corrected chi connectivity index (χ1v) is 11.7. The molecule has 0 aromatic carbocycles. The van der Waals surface area contributed by atoms with Crippen molar-refractivity contribution in [3.63, 3.8) is 0 Å². The zero-order valence-electron chi connectivity index (χ0n) is 19.4. The predicted octanol–water partition coefficient (Wildman–Crippen LogP) is 3.23. The van der Waals surface area contributed by atoms with Gasteiger partial charge in [-0.3, -0.25) is 14.5 Å². The maximum absolute atomic E-state index is 12.7. The van der Waals surface area contributed by atoms with Gasteiger partial charge in [0, 0.05) is 73.3 Å². The quantitative estimate of drug-likeness (QED) is 0.700. The second-order valence-electron chi connectivity index (χ2n) is 9.03. The van der Waals surface area contributed by atoms with Crippen LogP contribution >= 0.6 is 11.3 Å². The van der Waals surface area contributed by atoms with Crippen molar-refractivity contribution in [1.82, 2.24) is 14.7 Å². The summed E-state index contributed by atoms with van der Waals surface area (Å²) in [7, 11) is 0. The fourth-order valence-electron chi connectivity index (χ4n) is 4.31. The van der Waals surface area contributed by atoms with Crippen LogP contribution in [0, 0.1) is 18.3 Å². The summed E-state index contributed by atoms with van der Waals surface area (Å²) < 4.78 is 31.7. The molecule has 3 rings (SSSR count). The molecule has 0 radical (unpaired) electrons. The number of hydrogen-bond acceptors (Lipinski definition) is 5. The number of carboxylic acid groups (broad SMARTS) is 1. The number of hydrogen-bond donors (Lipinski definition) is 1. The van der Waals surface area contributed by atoms with Crippen LogP contribution in [0.4, 0.5) is 13.2 Å². The van der Waals surface area contributed by atoms with Crippen LogP contribution < -0.4 is 0 Å². The number of likely N-dealkylation sites (tertiary alicyclic amines) is 1. The molecule has 186 valence electrons. The zero-order chi connectivity index (χ0) is 25.0. The third-order valence-corrected chi connectivity index (χ3v) is 6.77. The van der Waals surface area contributed by atoms with Crippen LogP contribution in [-0.2, 0) is 20.9 Å². The number of nitrogens with zero attached hydrogens (tertiary/aromatic N) is 3. The topological polar surface area (TPSA) is 81.2 Å². The minimum Gasteiger partial charge on any atom is -0.475 e. The van der Waals surface area contributed by atoms with Gasteiger partial charge in [0.2, 0.25) is 11.8 Å². The van der Waals surface area contributed by atoms with Crippen molar-refractivity contribution in [2.45, 2.75) is 46.8 Å². The maximum atomic E-state index is 12.7. The molecule has 7 nitrogen and oxygen atoms in total. The van der Waals surface area contributed by atoms with Gasteiger partial charge in [0.15, 0.2) is 0 Å². The lowest BCUT2D eigenvalue weighted by Gasteiger charge is -2.34. The summed E-state index contributed by atoms with van der Waals surface area (Å²) in [6, 6.07) is 4.37. The summed E-state index contributed by atoms with van der Waals surface area (Å²) in [5.41, 5.74) is -0.138. The predicted molar refractivity (Wildman–Crippen MR) is 119 cm³/mol. The van der Waals surface area contributed by atoms with E-state index in [1.165, 1.54) is 9.75 Å². The molecule has 1 aromatic heterocycles. The molecule has 3 heterocycles. The van der Waals surface area contributed by atoms with Crippen molar-refractivity contribution in [3.8, 4) is 0 Å². The first-order chi connectivity index (χ1) is 15.3. The molecular formula is C22H32F3N3O4S. The van der Waals surface area contributed by atoms with Gasteiger partial charge in [0.1, 0.15) is 0 Å². The van der Waals surface area contributed by atoms with Gasteiger partial charge in [0.05, 0.1) is 0 Å². The monoisotopic (exact) mass is 491 g/mol. The number of aliphatic carboxylic acids is 1. The van der Waals surface area contributed by atoms with E-state index in [9.17, 15) is 22.8 Å². The summed E-state index contributed by atoms with van der Waals surface area (Å²) in [4.78, 5) is 43.2. The molecule has 2 aliphatic rings. The highest BCUT2D eigenvalue weighted by Gasteiger charge is 2.47. The minimum atomic E-state index is -5.08. The van der Waals surface area contributed by atoms with Gasteiger partial charge < -0.3 is 14.9 Å². The highest BCUT2D eigenvalue weighted by Crippen LogP contribution is 2.36. The molecular weight excluding hydrogens is 459 g/mol. The van der Waals surface area contributed by atoms with Crippen molar-refractivity contribution in [2.75, 3.05) is 39.3 Å². The zero-order valence-corrected chi connectivity index (χ0v) is 20.3. The first kappa shape index (κ1) is 27.1. The van der Waals surface area contributed by atoms with Crippen LogP contribution in [-0.4, -0.2) is 83.0 Å². The second-order valence-corrected chi connectivity index (χ2v) is 10.4.